The number of para-hydroxylation sites is 1. The van der Waals surface area contributed by atoms with Gasteiger partial charge in [-0.05, 0) is 38.1 Å². The van der Waals surface area contributed by atoms with E-state index in [1.807, 2.05) is 43.0 Å². The number of hydrogen-bond donors (Lipinski definition) is 0. The van der Waals surface area contributed by atoms with E-state index in [1.165, 1.54) is 11.8 Å². The van der Waals surface area contributed by atoms with Crippen LogP contribution in [0.3, 0.4) is 0 Å². The Morgan fingerprint density at radius 3 is 2.66 bits per heavy atom. The maximum atomic E-state index is 13.1. The Morgan fingerprint density at radius 1 is 1.17 bits per heavy atom. The van der Waals surface area contributed by atoms with Crippen LogP contribution in [0.25, 0.3) is 10.9 Å². The molecule has 1 aliphatic rings. The number of rotatable bonds is 5. The molecule has 3 heterocycles. The predicted octanol–water partition coefficient (Wildman–Crippen LogP) is 2.77. The van der Waals surface area contributed by atoms with Crippen molar-refractivity contribution in [2.24, 2.45) is 0 Å². The molecule has 1 saturated heterocycles. The molecule has 8 heteroatoms. The highest BCUT2D eigenvalue weighted by atomic mass is 32.2. The Balaban J connectivity index is 1.60. The molecule has 1 aliphatic heterocycles. The van der Waals surface area contributed by atoms with Crippen LogP contribution in [0.4, 0.5) is 0 Å². The van der Waals surface area contributed by atoms with Crippen LogP contribution in [-0.4, -0.2) is 51.4 Å². The lowest BCUT2D eigenvalue weighted by Gasteiger charge is -2.35. The number of carbonyl (C=O) groups is 1. The number of nitrogens with zero attached hydrogens (tertiary/aromatic N) is 3. The third-order valence-electron chi connectivity index (χ3n) is 4.82. The minimum absolute atomic E-state index is 0.0172. The van der Waals surface area contributed by atoms with Crippen molar-refractivity contribution in [1.29, 1.82) is 0 Å². The SMILES string of the molecule is C[C@@H]1CN(C(=O)CSc2nc3ccccc3c(=O)n2Cc2ccco2)C[C@H](C)O1. The number of aromatic nitrogens is 2. The first-order valence-electron chi connectivity index (χ1n) is 9.59. The number of amides is 1. The van der Waals surface area contributed by atoms with E-state index < -0.39 is 0 Å². The Hall–Kier alpha value is -2.58. The maximum Gasteiger partial charge on any atom is 0.262 e. The van der Waals surface area contributed by atoms with Gasteiger partial charge in [-0.1, -0.05) is 23.9 Å². The van der Waals surface area contributed by atoms with Crippen LogP contribution < -0.4 is 5.56 Å². The highest BCUT2D eigenvalue weighted by Gasteiger charge is 2.26. The lowest BCUT2D eigenvalue weighted by Crippen LogP contribution is -2.48. The van der Waals surface area contributed by atoms with Crippen LogP contribution in [0.1, 0.15) is 19.6 Å². The Kier molecular flexibility index (Phi) is 5.73. The van der Waals surface area contributed by atoms with Gasteiger partial charge in [0.1, 0.15) is 5.76 Å². The molecule has 29 heavy (non-hydrogen) atoms. The lowest BCUT2D eigenvalue weighted by molar-refractivity contribution is -0.140. The fraction of sp³-hybridized carbons (Fsp3) is 0.381. The standard InChI is InChI=1S/C21H23N3O4S/c1-14-10-23(11-15(2)28-14)19(25)13-29-21-22-18-8-4-3-7-17(18)20(26)24(21)12-16-6-5-9-27-16/h3-9,14-15H,10-13H2,1-2H3/t14-,15+. The summed E-state index contributed by atoms with van der Waals surface area (Å²) in [6, 6.07) is 10.8. The number of ether oxygens (including phenoxy) is 1. The number of fused-ring (bicyclic) bond motifs is 1. The van der Waals surface area contributed by atoms with Crippen molar-refractivity contribution in [2.75, 3.05) is 18.8 Å². The summed E-state index contributed by atoms with van der Waals surface area (Å²) in [7, 11) is 0. The van der Waals surface area contributed by atoms with Gasteiger partial charge in [-0.25, -0.2) is 4.98 Å². The summed E-state index contributed by atoms with van der Waals surface area (Å²) in [5, 5.41) is 1.05. The van der Waals surface area contributed by atoms with E-state index in [0.717, 1.165) is 0 Å². The molecule has 0 bridgehead atoms. The molecule has 1 fully saturated rings. The number of furan rings is 1. The molecule has 0 spiro atoms. The number of hydrogen-bond acceptors (Lipinski definition) is 6. The molecule has 1 amide bonds. The van der Waals surface area contributed by atoms with Crippen LogP contribution in [0.15, 0.2) is 57.0 Å². The molecule has 152 valence electrons. The topological polar surface area (TPSA) is 77.6 Å². The highest BCUT2D eigenvalue weighted by Crippen LogP contribution is 2.21. The van der Waals surface area contributed by atoms with Crippen LogP contribution in [0, 0.1) is 0 Å². The van der Waals surface area contributed by atoms with Gasteiger partial charge in [-0.3, -0.25) is 14.2 Å². The van der Waals surface area contributed by atoms with E-state index in [2.05, 4.69) is 4.98 Å². The second-order valence-corrected chi connectivity index (χ2v) is 8.17. The van der Waals surface area contributed by atoms with Crippen LogP contribution >= 0.6 is 11.8 Å². The molecule has 7 nitrogen and oxygen atoms in total. The number of benzene rings is 1. The van der Waals surface area contributed by atoms with Crippen molar-refractivity contribution in [3.63, 3.8) is 0 Å². The van der Waals surface area contributed by atoms with Gasteiger partial charge in [0.15, 0.2) is 5.16 Å². The number of morpholine rings is 1. The summed E-state index contributed by atoms with van der Waals surface area (Å²) < 4.78 is 12.7. The van der Waals surface area contributed by atoms with Crippen LogP contribution in [0.5, 0.6) is 0 Å². The molecule has 0 radical (unpaired) electrons. The molecule has 2 aromatic heterocycles. The fourth-order valence-corrected chi connectivity index (χ4v) is 4.46. The molecule has 3 aromatic rings. The van der Waals surface area contributed by atoms with Crippen molar-refractivity contribution >= 4 is 28.6 Å². The summed E-state index contributed by atoms with van der Waals surface area (Å²) in [6.07, 6.45) is 1.61. The summed E-state index contributed by atoms with van der Waals surface area (Å²) in [4.78, 5) is 32.3. The minimum Gasteiger partial charge on any atom is -0.467 e. The second-order valence-electron chi connectivity index (χ2n) is 7.23. The van der Waals surface area contributed by atoms with Gasteiger partial charge in [0.25, 0.3) is 5.56 Å². The average Bonchev–Trinajstić information content (AvgIpc) is 3.21. The summed E-state index contributed by atoms with van der Waals surface area (Å²) in [6.45, 7) is 5.36. The fourth-order valence-electron chi connectivity index (χ4n) is 3.55. The zero-order valence-corrected chi connectivity index (χ0v) is 17.2. The molecular weight excluding hydrogens is 390 g/mol. The smallest absolute Gasteiger partial charge is 0.262 e. The predicted molar refractivity (Wildman–Crippen MR) is 111 cm³/mol. The van der Waals surface area contributed by atoms with E-state index in [9.17, 15) is 9.59 Å². The van der Waals surface area contributed by atoms with Gasteiger partial charge in [0.2, 0.25) is 5.91 Å². The molecule has 0 unspecified atom stereocenters. The average molecular weight is 413 g/mol. The Labute approximate surface area is 172 Å². The van der Waals surface area contributed by atoms with Gasteiger partial charge < -0.3 is 14.1 Å². The zero-order valence-electron chi connectivity index (χ0n) is 16.4. The first-order chi connectivity index (χ1) is 14.0. The minimum atomic E-state index is -0.143. The largest absolute Gasteiger partial charge is 0.467 e. The number of carbonyl (C=O) groups excluding carboxylic acids is 1. The van der Waals surface area contributed by atoms with Gasteiger partial charge in [-0.15, -0.1) is 0 Å². The van der Waals surface area contributed by atoms with Crippen molar-refractivity contribution in [1.82, 2.24) is 14.5 Å². The van der Waals surface area contributed by atoms with E-state index in [-0.39, 0.29) is 36.0 Å². The quantitative estimate of drug-likeness (QED) is 0.473. The Morgan fingerprint density at radius 2 is 1.93 bits per heavy atom. The van der Waals surface area contributed by atoms with E-state index in [4.69, 9.17) is 9.15 Å². The van der Waals surface area contributed by atoms with E-state index in [1.54, 1.807) is 23.0 Å². The normalized spacial score (nSPS) is 19.6. The first kappa shape index (κ1) is 19.7. The van der Waals surface area contributed by atoms with Gasteiger partial charge in [0.05, 0.1) is 41.7 Å². The van der Waals surface area contributed by atoms with Crippen molar-refractivity contribution in [3.05, 3.63) is 58.8 Å². The van der Waals surface area contributed by atoms with E-state index >= 15 is 0 Å². The molecule has 0 aliphatic carbocycles. The highest BCUT2D eigenvalue weighted by molar-refractivity contribution is 7.99. The molecule has 4 rings (SSSR count). The summed E-state index contributed by atoms with van der Waals surface area (Å²) in [5.74, 6) is 0.889. The molecule has 1 aromatic carbocycles. The van der Waals surface area contributed by atoms with Crippen molar-refractivity contribution in [2.45, 2.75) is 37.8 Å². The molecular formula is C21H23N3O4S. The molecule has 0 saturated carbocycles. The lowest BCUT2D eigenvalue weighted by atomic mass is 10.2. The Bertz CT molecular complexity index is 1050. The van der Waals surface area contributed by atoms with Crippen molar-refractivity contribution in [3.8, 4) is 0 Å². The zero-order chi connectivity index (χ0) is 20.4. The van der Waals surface area contributed by atoms with Gasteiger partial charge in [0, 0.05) is 13.1 Å². The van der Waals surface area contributed by atoms with E-state index in [0.29, 0.717) is 34.9 Å². The molecule has 2 atom stereocenters. The van der Waals surface area contributed by atoms with Crippen LogP contribution in [0.2, 0.25) is 0 Å². The summed E-state index contributed by atoms with van der Waals surface area (Å²) in [5.41, 5.74) is 0.479. The van der Waals surface area contributed by atoms with Gasteiger partial charge in [-0.2, -0.15) is 0 Å². The summed E-state index contributed by atoms with van der Waals surface area (Å²) >= 11 is 1.28. The molecule has 0 N–H and O–H groups in total. The van der Waals surface area contributed by atoms with Gasteiger partial charge >= 0.3 is 0 Å². The first-order valence-corrected chi connectivity index (χ1v) is 10.6. The second kappa shape index (κ2) is 8.42. The third-order valence-corrected chi connectivity index (χ3v) is 5.78. The third kappa shape index (κ3) is 4.38. The monoisotopic (exact) mass is 413 g/mol. The number of thioether (sulfide) groups is 1. The maximum absolute atomic E-state index is 13.1. The van der Waals surface area contributed by atoms with Crippen molar-refractivity contribution < 1.29 is 13.9 Å². The van der Waals surface area contributed by atoms with Crippen LogP contribution in [-0.2, 0) is 16.1 Å².